The fraction of sp³-hybridized carbons (Fsp3) is 0.267. The van der Waals surface area contributed by atoms with Crippen LogP contribution in [0.15, 0.2) is 47.7 Å². The predicted octanol–water partition coefficient (Wildman–Crippen LogP) is 1.12. The van der Waals surface area contributed by atoms with Crippen molar-refractivity contribution >= 4 is 11.0 Å². The monoisotopic (exact) mass is 281 g/mol. The molecule has 0 saturated carbocycles. The zero-order valence-corrected chi connectivity index (χ0v) is 11.4. The van der Waals surface area contributed by atoms with Crippen molar-refractivity contribution in [2.45, 2.75) is 12.5 Å². The summed E-state index contributed by atoms with van der Waals surface area (Å²) < 4.78 is 3.42. The Morgan fingerprint density at radius 2 is 2.10 bits per heavy atom. The average molecular weight is 281 g/mol. The third-order valence-electron chi connectivity index (χ3n) is 3.94. The van der Waals surface area contributed by atoms with E-state index in [0.29, 0.717) is 11.0 Å². The Labute approximate surface area is 121 Å². The van der Waals surface area contributed by atoms with Gasteiger partial charge in [0.05, 0.1) is 17.9 Å². The normalized spacial score (nSPS) is 18.4. The molecule has 0 radical (unpaired) electrons. The minimum Gasteiger partial charge on any atom is -0.315 e. The van der Waals surface area contributed by atoms with Crippen LogP contribution >= 0.6 is 0 Å². The van der Waals surface area contributed by atoms with E-state index >= 15 is 0 Å². The van der Waals surface area contributed by atoms with Gasteiger partial charge in [-0.05, 0) is 25.1 Å². The summed E-state index contributed by atoms with van der Waals surface area (Å²) in [5.74, 6) is 0. The van der Waals surface area contributed by atoms with E-state index in [9.17, 15) is 4.79 Å². The zero-order valence-electron chi connectivity index (χ0n) is 11.4. The van der Waals surface area contributed by atoms with Gasteiger partial charge in [-0.15, -0.1) is 0 Å². The van der Waals surface area contributed by atoms with E-state index in [2.05, 4.69) is 15.4 Å². The lowest BCUT2D eigenvalue weighted by Gasteiger charge is -2.11. The molecule has 0 spiro atoms. The van der Waals surface area contributed by atoms with Crippen molar-refractivity contribution in [2.75, 3.05) is 13.1 Å². The molecular weight excluding hydrogens is 266 g/mol. The molecule has 3 heterocycles. The number of para-hydroxylation sites is 1. The molecule has 1 atom stereocenters. The molecule has 1 aromatic carbocycles. The summed E-state index contributed by atoms with van der Waals surface area (Å²) in [5, 5.41) is 8.15. The molecular formula is C15H15N5O. The second-order valence-electron chi connectivity index (χ2n) is 5.23. The molecule has 2 aromatic heterocycles. The first-order valence-corrected chi connectivity index (χ1v) is 7.05. The lowest BCUT2D eigenvalue weighted by Crippen LogP contribution is -2.26. The van der Waals surface area contributed by atoms with Crippen LogP contribution in [0, 0.1) is 0 Å². The standard InChI is InChI=1S/C15H15N5O/c21-15-13-9-18-20(11-4-2-1-3-5-11)14(13)17-10-19(15)12-6-7-16-8-12/h1-5,9-10,12,16H,6-8H2. The Balaban J connectivity index is 1.87. The van der Waals surface area contributed by atoms with E-state index < -0.39 is 0 Å². The smallest absolute Gasteiger partial charge is 0.264 e. The Morgan fingerprint density at radius 1 is 1.24 bits per heavy atom. The number of aromatic nitrogens is 4. The number of nitrogens with one attached hydrogen (secondary N) is 1. The van der Waals surface area contributed by atoms with Crippen molar-refractivity contribution in [3.8, 4) is 5.69 Å². The average Bonchev–Trinajstić information content (AvgIpc) is 3.18. The molecule has 106 valence electrons. The van der Waals surface area contributed by atoms with Gasteiger partial charge in [0.15, 0.2) is 5.65 Å². The van der Waals surface area contributed by atoms with Gasteiger partial charge >= 0.3 is 0 Å². The van der Waals surface area contributed by atoms with Crippen molar-refractivity contribution in [3.63, 3.8) is 0 Å². The fourth-order valence-corrected chi connectivity index (χ4v) is 2.82. The summed E-state index contributed by atoms with van der Waals surface area (Å²) in [4.78, 5) is 17.1. The summed E-state index contributed by atoms with van der Waals surface area (Å²) in [6.45, 7) is 1.76. The summed E-state index contributed by atoms with van der Waals surface area (Å²) in [6.07, 6.45) is 4.21. The highest BCUT2D eigenvalue weighted by Gasteiger charge is 2.20. The highest BCUT2D eigenvalue weighted by Crippen LogP contribution is 2.16. The second kappa shape index (κ2) is 4.82. The summed E-state index contributed by atoms with van der Waals surface area (Å²) in [5.41, 5.74) is 1.49. The third kappa shape index (κ3) is 1.95. The Bertz CT molecular complexity index is 830. The van der Waals surface area contributed by atoms with Crippen molar-refractivity contribution < 1.29 is 0 Å². The van der Waals surface area contributed by atoms with Gasteiger partial charge in [0.2, 0.25) is 0 Å². The maximum Gasteiger partial charge on any atom is 0.264 e. The van der Waals surface area contributed by atoms with Gasteiger partial charge in [0, 0.05) is 6.54 Å². The van der Waals surface area contributed by atoms with Crippen LogP contribution in [0.2, 0.25) is 0 Å². The van der Waals surface area contributed by atoms with Crippen LogP contribution in [0.3, 0.4) is 0 Å². The van der Waals surface area contributed by atoms with E-state index in [1.54, 1.807) is 21.8 Å². The van der Waals surface area contributed by atoms with Crippen LogP contribution in [0.5, 0.6) is 0 Å². The molecule has 6 heteroatoms. The predicted molar refractivity (Wildman–Crippen MR) is 79.6 cm³/mol. The SMILES string of the molecule is O=c1c2cnn(-c3ccccc3)c2ncn1C1CCNC1. The molecule has 6 nitrogen and oxygen atoms in total. The van der Waals surface area contributed by atoms with Crippen LogP contribution in [-0.4, -0.2) is 32.4 Å². The lowest BCUT2D eigenvalue weighted by atomic mass is 10.2. The minimum atomic E-state index is -0.0177. The van der Waals surface area contributed by atoms with E-state index in [4.69, 9.17) is 0 Å². The Kier molecular flexibility index (Phi) is 2.82. The van der Waals surface area contributed by atoms with Gasteiger partial charge in [-0.1, -0.05) is 18.2 Å². The number of hydrogen-bond acceptors (Lipinski definition) is 4. The van der Waals surface area contributed by atoms with E-state index in [1.807, 2.05) is 30.3 Å². The van der Waals surface area contributed by atoms with E-state index in [-0.39, 0.29) is 11.6 Å². The number of nitrogens with zero attached hydrogens (tertiary/aromatic N) is 4. The van der Waals surface area contributed by atoms with Crippen molar-refractivity contribution in [1.82, 2.24) is 24.6 Å². The first kappa shape index (κ1) is 12.3. The highest BCUT2D eigenvalue weighted by molar-refractivity contribution is 5.74. The summed E-state index contributed by atoms with van der Waals surface area (Å²) >= 11 is 0. The van der Waals surface area contributed by atoms with E-state index in [0.717, 1.165) is 25.2 Å². The number of fused-ring (bicyclic) bond motifs is 1. The maximum absolute atomic E-state index is 12.6. The van der Waals surface area contributed by atoms with Gasteiger partial charge in [0.25, 0.3) is 5.56 Å². The van der Waals surface area contributed by atoms with Crippen molar-refractivity contribution in [1.29, 1.82) is 0 Å². The molecule has 1 aliphatic rings. The molecule has 0 amide bonds. The summed E-state index contributed by atoms with van der Waals surface area (Å²) in [6, 6.07) is 9.90. The first-order chi connectivity index (χ1) is 10.3. The van der Waals surface area contributed by atoms with Gasteiger partial charge in [-0.25, -0.2) is 9.67 Å². The van der Waals surface area contributed by atoms with Crippen LogP contribution in [-0.2, 0) is 0 Å². The quantitative estimate of drug-likeness (QED) is 0.764. The topological polar surface area (TPSA) is 64.7 Å². The third-order valence-corrected chi connectivity index (χ3v) is 3.94. The first-order valence-electron chi connectivity index (χ1n) is 7.05. The van der Waals surface area contributed by atoms with Crippen LogP contribution in [0.25, 0.3) is 16.7 Å². The molecule has 1 fully saturated rings. The van der Waals surface area contributed by atoms with Gasteiger partial charge < -0.3 is 5.32 Å². The largest absolute Gasteiger partial charge is 0.315 e. The molecule has 1 saturated heterocycles. The highest BCUT2D eigenvalue weighted by atomic mass is 16.1. The maximum atomic E-state index is 12.6. The zero-order chi connectivity index (χ0) is 14.2. The molecule has 0 bridgehead atoms. The van der Waals surface area contributed by atoms with Crippen LogP contribution in [0.1, 0.15) is 12.5 Å². The van der Waals surface area contributed by atoms with Crippen LogP contribution in [0.4, 0.5) is 0 Å². The molecule has 21 heavy (non-hydrogen) atoms. The van der Waals surface area contributed by atoms with Gasteiger partial charge in [0.1, 0.15) is 11.7 Å². The lowest BCUT2D eigenvalue weighted by molar-refractivity contribution is 0.525. The molecule has 1 unspecified atom stereocenters. The van der Waals surface area contributed by atoms with Crippen LogP contribution < -0.4 is 10.9 Å². The Hall–Kier alpha value is -2.47. The number of rotatable bonds is 2. The molecule has 4 rings (SSSR count). The molecule has 1 N–H and O–H groups in total. The van der Waals surface area contributed by atoms with Gasteiger partial charge in [-0.2, -0.15) is 5.10 Å². The van der Waals surface area contributed by atoms with Crippen molar-refractivity contribution in [2.24, 2.45) is 0 Å². The van der Waals surface area contributed by atoms with Gasteiger partial charge in [-0.3, -0.25) is 9.36 Å². The molecule has 0 aliphatic carbocycles. The number of hydrogen-bond donors (Lipinski definition) is 1. The second-order valence-corrected chi connectivity index (χ2v) is 5.23. The fourth-order valence-electron chi connectivity index (χ4n) is 2.82. The number of benzene rings is 1. The van der Waals surface area contributed by atoms with Crippen molar-refractivity contribution in [3.05, 3.63) is 53.2 Å². The minimum absolute atomic E-state index is 0.0177. The molecule has 3 aromatic rings. The summed E-state index contributed by atoms with van der Waals surface area (Å²) in [7, 11) is 0. The van der Waals surface area contributed by atoms with E-state index in [1.165, 1.54) is 0 Å². The Morgan fingerprint density at radius 3 is 2.86 bits per heavy atom. The molecule has 1 aliphatic heterocycles.